The predicted molar refractivity (Wildman–Crippen MR) is 133 cm³/mol. The van der Waals surface area contributed by atoms with E-state index in [1.807, 2.05) is 64.4 Å². The number of carbonyl (C=O) groups is 2. The molecular weight excluding hydrogens is 450 g/mol. The molecule has 2 saturated heterocycles. The van der Waals surface area contributed by atoms with E-state index in [0.717, 1.165) is 35.9 Å². The molecule has 1 atom stereocenters. The quantitative estimate of drug-likeness (QED) is 0.597. The minimum Gasteiger partial charge on any atom is -0.394 e. The molecule has 3 aromatic rings. The van der Waals surface area contributed by atoms with Crippen LogP contribution in [0.25, 0.3) is 10.9 Å². The van der Waals surface area contributed by atoms with Crippen LogP contribution in [0, 0.1) is 5.92 Å². The summed E-state index contributed by atoms with van der Waals surface area (Å²) in [7, 11) is 0. The van der Waals surface area contributed by atoms with E-state index < -0.39 is 0 Å². The Morgan fingerprint density at radius 2 is 1.71 bits per heavy atom. The number of piperidine rings is 1. The first-order valence-electron chi connectivity index (χ1n) is 12.1. The van der Waals surface area contributed by atoms with Gasteiger partial charge in [0, 0.05) is 48.0 Å². The Morgan fingerprint density at radius 3 is 2.44 bits per heavy atom. The summed E-state index contributed by atoms with van der Waals surface area (Å²) in [4.78, 5) is 30.4. The zero-order valence-electron chi connectivity index (χ0n) is 19.2. The number of nitrogens with zero attached hydrogens (tertiary/aromatic N) is 3. The second kappa shape index (κ2) is 9.80. The molecule has 2 aliphatic rings. The van der Waals surface area contributed by atoms with Crippen LogP contribution in [0.4, 0.5) is 0 Å². The number of likely N-dealkylation sites (tertiary alicyclic amines) is 2. The fourth-order valence-corrected chi connectivity index (χ4v) is 5.50. The van der Waals surface area contributed by atoms with Crippen molar-refractivity contribution in [1.29, 1.82) is 0 Å². The van der Waals surface area contributed by atoms with Gasteiger partial charge in [-0.3, -0.25) is 9.59 Å². The van der Waals surface area contributed by atoms with Crippen LogP contribution in [0.2, 0.25) is 5.02 Å². The van der Waals surface area contributed by atoms with Gasteiger partial charge in [-0.05, 0) is 55.5 Å². The van der Waals surface area contributed by atoms with E-state index in [9.17, 15) is 14.7 Å². The fraction of sp³-hybridized carbons (Fsp3) is 0.407. The summed E-state index contributed by atoms with van der Waals surface area (Å²) in [6.45, 7) is 2.47. The SMILES string of the molecule is O=C(c1cc2ccccc2n1Cc1ccc(Cl)cc1)N1CCC(C(=O)N2CCC[C@H]2CO)CC1. The molecule has 1 aromatic heterocycles. The van der Waals surface area contributed by atoms with Gasteiger partial charge in [0.25, 0.3) is 5.91 Å². The van der Waals surface area contributed by atoms with Gasteiger partial charge >= 0.3 is 0 Å². The summed E-state index contributed by atoms with van der Waals surface area (Å²) in [6, 6.07) is 17.7. The van der Waals surface area contributed by atoms with Gasteiger partial charge in [0.05, 0.1) is 12.6 Å². The molecule has 3 heterocycles. The highest BCUT2D eigenvalue weighted by Crippen LogP contribution is 2.28. The molecule has 0 radical (unpaired) electrons. The lowest BCUT2D eigenvalue weighted by Gasteiger charge is -2.34. The van der Waals surface area contributed by atoms with Crippen LogP contribution >= 0.6 is 11.6 Å². The summed E-state index contributed by atoms with van der Waals surface area (Å²) in [6.07, 6.45) is 3.15. The third kappa shape index (κ3) is 4.44. The minimum absolute atomic E-state index is 0.00506. The molecule has 34 heavy (non-hydrogen) atoms. The number of carbonyl (C=O) groups excluding carboxylic acids is 2. The van der Waals surface area contributed by atoms with Crippen molar-refractivity contribution in [1.82, 2.24) is 14.4 Å². The molecule has 0 spiro atoms. The van der Waals surface area contributed by atoms with Crippen LogP contribution in [-0.4, -0.2) is 63.6 Å². The lowest BCUT2D eigenvalue weighted by Crippen LogP contribution is -2.46. The number of benzene rings is 2. The van der Waals surface area contributed by atoms with Crippen molar-refractivity contribution in [3.8, 4) is 0 Å². The number of amides is 2. The summed E-state index contributed by atoms with van der Waals surface area (Å²) in [5.74, 6) is 0.0714. The molecule has 2 fully saturated rings. The van der Waals surface area contributed by atoms with Gasteiger partial charge in [0.1, 0.15) is 5.69 Å². The Morgan fingerprint density at radius 1 is 0.971 bits per heavy atom. The molecule has 7 heteroatoms. The summed E-state index contributed by atoms with van der Waals surface area (Å²) < 4.78 is 2.08. The molecule has 0 saturated carbocycles. The smallest absolute Gasteiger partial charge is 0.270 e. The number of aliphatic hydroxyl groups is 1. The van der Waals surface area contributed by atoms with Crippen LogP contribution in [0.15, 0.2) is 54.6 Å². The topological polar surface area (TPSA) is 65.8 Å². The Hall–Kier alpha value is -2.83. The van der Waals surface area contributed by atoms with Crippen molar-refractivity contribution >= 4 is 34.3 Å². The Bertz CT molecular complexity index is 1180. The van der Waals surface area contributed by atoms with Crippen molar-refractivity contribution in [2.75, 3.05) is 26.2 Å². The van der Waals surface area contributed by atoms with Gasteiger partial charge in [-0.1, -0.05) is 41.9 Å². The number of fused-ring (bicyclic) bond motifs is 1. The summed E-state index contributed by atoms with van der Waals surface area (Å²) >= 11 is 6.06. The van der Waals surface area contributed by atoms with Gasteiger partial charge in [-0.15, -0.1) is 0 Å². The van der Waals surface area contributed by atoms with Gasteiger partial charge in [0.2, 0.25) is 5.91 Å². The van der Waals surface area contributed by atoms with Crippen molar-refractivity contribution in [3.63, 3.8) is 0 Å². The maximum absolute atomic E-state index is 13.6. The first-order chi connectivity index (χ1) is 16.5. The zero-order valence-corrected chi connectivity index (χ0v) is 20.0. The highest BCUT2D eigenvalue weighted by atomic mass is 35.5. The van der Waals surface area contributed by atoms with Crippen LogP contribution in [0.1, 0.15) is 41.7 Å². The molecule has 0 unspecified atom stereocenters. The summed E-state index contributed by atoms with van der Waals surface area (Å²) in [5, 5.41) is 11.3. The number of rotatable bonds is 5. The van der Waals surface area contributed by atoms with Crippen LogP contribution in [-0.2, 0) is 11.3 Å². The van der Waals surface area contributed by atoms with Crippen molar-refractivity contribution in [3.05, 3.63) is 70.9 Å². The fourth-order valence-electron chi connectivity index (χ4n) is 5.37. The van der Waals surface area contributed by atoms with E-state index >= 15 is 0 Å². The Kier molecular flexibility index (Phi) is 6.61. The molecule has 5 rings (SSSR count). The van der Waals surface area contributed by atoms with E-state index in [1.54, 1.807) is 0 Å². The molecule has 2 amide bonds. The van der Waals surface area contributed by atoms with Gasteiger partial charge < -0.3 is 19.5 Å². The molecular formula is C27H30ClN3O3. The average molecular weight is 480 g/mol. The largest absolute Gasteiger partial charge is 0.394 e. The van der Waals surface area contributed by atoms with Crippen molar-refractivity contribution < 1.29 is 14.7 Å². The number of hydrogen-bond donors (Lipinski definition) is 1. The second-order valence-corrected chi connectivity index (χ2v) is 9.81. The number of aromatic nitrogens is 1. The predicted octanol–water partition coefficient (Wildman–Crippen LogP) is 4.18. The van der Waals surface area contributed by atoms with E-state index in [2.05, 4.69) is 4.57 Å². The number of para-hydroxylation sites is 1. The normalized spacial score (nSPS) is 19.2. The Labute approximate surface area is 204 Å². The zero-order chi connectivity index (χ0) is 23.7. The Balaban J connectivity index is 1.33. The minimum atomic E-state index is -0.0730. The third-order valence-electron chi connectivity index (χ3n) is 7.29. The molecule has 1 N–H and O–H groups in total. The molecule has 0 aliphatic carbocycles. The number of hydrogen-bond acceptors (Lipinski definition) is 3. The lowest BCUT2D eigenvalue weighted by molar-refractivity contribution is -0.138. The first-order valence-corrected chi connectivity index (χ1v) is 12.5. The van der Waals surface area contributed by atoms with E-state index in [1.165, 1.54) is 0 Å². The van der Waals surface area contributed by atoms with Crippen LogP contribution < -0.4 is 0 Å². The second-order valence-electron chi connectivity index (χ2n) is 9.38. The molecule has 0 bridgehead atoms. The van der Waals surface area contributed by atoms with Crippen LogP contribution in [0.3, 0.4) is 0 Å². The highest BCUT2D eigenvalue weighted by molar-refractivity contribution is 6.30. The molecule has 178 valence electrons. The molecule has 2 aromatic carbocycles. The number of halogens is 1. The monoisotopic (exact) mass is 479 g/mol. The number of aliphatic hydroxyl groups excluding tert-OH is 1. The summed E-state index contributed by atoms with van der Waals surface area (Å²) in [5.41, 5.74) is 2.77. The first kappa shape index (κ1) is 22.9. The highest BCUT2D eigenvalue weighted by Gasteiger charge is 2.35. The van der Waals surface area contributed by atoms with Gasteiger partial charge in [0.15, 0.2) is 0 Å². The van der Waals surface area contributed by atoms with E-state index in [4.69, 9.17) is 11.6 Å². The van der Waals surface area contributed by atoms with Gasteiger partial charge in [-0.25, -0.2) is 0 Å². The van der Waals surface area contributed by atoms with E-state index in [-0.39, 0.29) is 30.4 Å². The van der Waals surface area contributed by atoms with E-state index in [0.29, 0.717) is 43.2 Å². The van der Waals surface area contributed by atoms with Crippen LogP contribution in [0.5, 0.6) is 0 Å². The maximum atomic E-state index is 13.6. The molecule has 2 aliphatic heterocycles. The molecule has 6 nitrogen and oxygen atoms in total. The third-order valence-corrected chi connectivity index (χ3v) is 7.54. The standard InChI is InChI=1S/C27H30ClN3O3/c28-22-9-7-19(8-10-22)17-31-24-6-2-1-4-21(24)16-25(31)27(34)29-14-11-20(12-15-29)26(33)30-13-3-5-23(30)18-32/h1-2,4,6-10,16,20,23,32H,3,5,11-15,17-18H2/t23-/m0/s1. The maximum Gasteiger partial charge on any atom is 0.270 e. The van der Waals surface area contributed by atoms with Crippen molar-refractivity contribution in [2.24, 2.45) is 5.92 Å². The average Bonchev–Trinajstić information content (AvgIpc) is 3.49. The van der Waals surface area contributed by atoms with Gasteiger partial charge in [-0.2, -0.15) is 0 Å². The lowest BCUT2D eigenvalue weighted by atomic mass is 9.94. The van der Waals surface area contributed by atoms with Crippen molar-refractivity contribution in [2.45, 2.75) is 38.3 Å².